The number of pyridine rings is 1. The number of rotatable bonds is 1. The number of hydrogen-bond donors (Lipinski definition) is 0. The molecule has 5 heteroatoms. The summed E-state index contributed by atoms with van der Waals surface area (Å²) >= 11 is 0. The highest BCUT2D eigenvalue weighted by Crippen LogP contribution is 2.09. The Morgan fingerprint density at radius 2 is 2.15 bits per heavy atom. The van der Waals surface area contributed by atoms with Gasteiger partial charge in [-0.25, -0.2) is 13.4 Å². The average molecular weight is 196 g/mol. The first-order valence-corrected chi connectivity index (χ1v) is 5.59. The van der Waals surface area contributed by atoms with E-state index in [0.717, 1.165) is 5.65 Å². The molecule has 0 aliphatic carbocycles. The second-order valence-corrected chi connectivity index (χ2v) is 4.85. The summed E-state index contributed by atoms with van der Waals surface area (Å²) in [4.78, 5) is 4.31. The molecule has 0 amide bonds. The quantitative estimate of drug-likeness (QED) is 0.676. The van der Waals surface area contributed by atoms with Crippen LogP contribution in [0, 0.1) is 0 Å². The van der Waals surface area contributed by atoms with Crippen molar-refractivity contribution >= 4 is 15.5 Å². The van der Waals surface area contributed by atoms with Crippen molar-refractivity contribution in [3.8, 4) is 0 Å². The van der Waals surface area contributed by atoms with Crippen molar-refractivity contribution in [2.45, 2.75) is 4.90 Å². The number of hydrogen-bond acceptors (Lipinski definition) is 3. The van der Waals surface area contributed by atoms with Crippen molar-refractivity contribution < 1.29 is 8.42 Å². The first-order valence-electron chi connectivity index (χ1n) is 3.70. The maximum atomic E-state index is 11.2. The summed E-state index contributed by atoms with van der Waals surface area (Å²) in [6, 6.07) is 3.23. The highest BCUT2D eigenvalue weighted by atomic mass is 32.2. The predicted octanol–water partition coefficient (Wildman–Crippen LogP) is 0.738. The number of aromatic nitrogens is 2. The van der Waals surface area contributed by atoms with E-state index in [2.05, 4.69) is 4.98 Å². The Bertz CT molecular complexity index is 542. The summed E-state index contributed by atoms with van der Waals surface area (Å²) in [7, 11) is -3.12. The standard InChI is InChI=1S/C8H8N2O2S/c1-13(11,12)7-2-3-8-9-4-5-10(8)6-7/h2-6H,1H3. The van der Waals surface area contributed by atoms with E-state index in [-0.39, 0.29) is 0 Å². The summed E-state index contributed by atoms with van der Waals surface area (Å²) in [5, 5.41) is 0. The molecule has 0 saturated carbocycles. The van der Waals surface area contributed by atoms with Crippen LogP contribution in [0.4, 0.5) is 0 Å². The lowest BCUT2D eigenvalue weighted by molar-refractivity contribution is 0.601. The van der Waals surface area contributed by atoms with Crippen molar-refractivity contribution in [3.63, 3.8) is 0 Å². The van der Waals surface area contributed by atoms with Crippen molar-refractivity contribution in [2.75, 3.05) is 6.26 Å². The van der Waals surface area contributed by atoms with Crippen LogP contribution in [0.5, 0.6) is 0 Å². The molecule has 0 N–H and O–H groups in total. The van der Waals surface area contributed by atoms with Gasteiger partial charge in [-0.05, 0) is 12.1 Å². The van der Waals surface area contributed by atoms with Gasteiger partial charge in [0.2, 0.25) is 0 Å². The molecule has 0 spiro atoms. The van der Waals surface area contributed by atoms with Gasteiger partial charge in [-0.15, -0.1) is 0 Å². The Morgan fingerprint density at radius 1 is 1.38 bits per heavy atom. The second kappa shape index (κ2) is 2.56. The molecular weight excluding hydrogens is 188 g/mol. The molecule has 2 heterocycles. The molecule has 0 aliphatic heterocycles. The lowest BCUT2D eigenvalue weighted by Gasteiger charge is -1.98. The van der Waals surface area contributed by atoms with Crippen LogP contribution < -0.4 is 0 Å². The molecule has 2 aromatic heterocycles. The zero-order valence-corrected chi connectivity index (χ0v) is 7.82. The molecule has 0 saturated heterocycles. The Balaban J connectivity index is 2.75. The average Bonchev–Trinajstić information content (AvgIpc) is 2.47. The van der Waals surface area contributed by atoms with E-state index >= 15 is 0 Å². The van der Waals surface area contributed by atoms with Gasteiger partial charge in [0.15, 0.2) is 9.84 Å². The van der Waals surface area contributed by atoms with Gasteiger partial charge in [0.1, 0.15) is 5.65 Å². The van der Waals surface area contributed by atoms with Gasteiger partial charge < -0.3 is 4.40 Å². The number of fused-ring (bicyclic) bond motifs is 1. The van der Waals surface area contributed by atoms with Gasteiger partial charge in [-0.3, -0.25) is 0 Å². The van der Waals surface area contributed by atoms with Crippen molar-refractivity contribution in [1.82, 2.24) is 9.38 Å². The highest BCUT2D eigenvalue weighted by Gasteiger charge is 2.07. The Hall–Kier alpha value is -1.36. The maximum Gasteiger partial charge on any atom is 0.176 e. The Morgan fingerprint density at radius 3 is 2.85 bits per heavy atom. The zero-order valence-electron chi connectivity index (χ0n) is 7.01. The van der Waals surface area contributed by atoms with Gasteiger partial charge >= 0.3 is 0 Å². The SMILES string of the molecule is CS(=O)(=O)c1ccc2nccn2c1. The molecule has 0 radical (unpaired) electrons. The summed E-state index contributed by atoms with van der Waals surface area (Å²) in [5.74, 6) is 0. The van der Waals surface area contributed by atoms with Gasteiger partial charge in [0.05, 0.1) is 4.90 Å². The van der Waals surface area contributed by atoms with Crippen LogP contribution in [0.1, 0.15) is 0 Å². The predicted molar refractivity (Wildman–Crippen MR) is 48.3 cm³/mol. The van der Waals surface area contributed by atoms with Crippen LogP contribution >= 0.6 is 0 Å². The molecule has 0 aliphatic rings. The van der Waals surface area contributed by atoms with Crippen molar-refractivity contribution in [2.24, 2.45) is 0 Å². The molecule has 0 fully saturated rings. The third kappa shape index (κ3) is 1.42. The summed E-state index contributed by atoms with van der Waals surface area (Å²) in [6.07, 6.45) is 6.08. The van der Waals surface area contributed by atoms with Gasteiger partial charge in [0.25, 0.3) is 0 Å². The lowest BCUT2D eigenvalue weighted by atomic mass is 10.5. The monoisotopic (exact) mass is 196 g/mol. The maximum absolute atomic E-state index is 11.2. The van der Waals surface area contributed by atoms with E-state index in [1.807, 2.05) is 0 Å². The molecule has 0 aromatic carbocycles. The fourth-order valence-electron chi connectivity index (χ4n) is 1.12. The van der Waals surface area contributed by atoms with Crippen LogP contribution in [0.3, 0.4) is 0 Å². The van der Waals surface area contributed by atoms with Crippen LogP contribution in [0.25, 0.3) is 5.65 Å². The minimum absolute atomic E-state index is 0.304. The molecule has 4 nitrogen and oxygen atoms in total. The van der Waals surface area contributed by atoms with E-state index in [1.165, 1.54) is 6.26 Å². The van der Waals surface area contributed by atoms with E-state index in [1.54, 1.807) is 35.1 Å². The van der Waals surface area contributed by atoms with Crippen molar-refractivity contribution in [1.29, 1.82) is 0 Å². The third-order valence-corrected chi connectivity index (χ3v) is 2.89. The lowest BCUT2D eigenvalue weighted by Crippen LogP contribution is -1.98. The molecule has 0 unspecified atom stereocenters. The minimum Gasteiger partial charge on any atom is -0.306 e. The molecular formula is C8H8N2O2S. The first kappa shape index (κ1) is 8.25. The molecule has 13 heavy (non-hydrogen) atoms. The smallest absolute Gasteiger partial charge is 0.176 e. The summed E-state index contributed by atoms with van der Waals surface area (Å²) in [5.41, 5.74) is 0.743. The number of sulfone groups is 1. The zero-order chi connectivity index (χ0) is 9.47. The molecule has 68 valence electrons. The fourth-order valence-corrected chi connectivity index (χ4v) is 1.74. The first-order chi connectivity index (χ1) is 6.07. The van der Waals surface area contributed by atoms with E-state index in [4.69, 9.17) is 0 Å². The summed E-state index contributed by atoms with van der Waals surface area (Å²) < 4.78 is 24.0. The van der Waals surface area contributed by atoms with Crippen molar-refractivity contribution in [3.05, 3.63) is 30.7 Å². The summed E-state index contributed by atoms with van der Waals surface area (Å²) in [6.45, 7) is 0. The Labute approximate surface area is 75.8 Å². The molecule has 2 rings (SSSR count). The topological polar surface area (TPSA) is 51.4 Å². The van der Waals surface area contributed by atoms with Crippen LogP contribution in [-0.4, -0.2) is 24.1 Å². The highest BCUT2D eigenvalue weighted by molar-refractivity contribution is 7.90. The van der Waals surface area contributed by atoms with Crippen LogP contribution in [0.15, 0.2) is 35.6 Å². The van der Waals surface area contributed by atoms with Crippen LogP contribution in [0.2, 0.25) is 0 Å². The minimum atomic E-state index is -3.12. The molecule has 0 atom stereocenters. The normalized spacial score (nSPS) is 12.1. The second-order valence-electron chi connectivity index (χ2n) is 2.83. The third-order valence-electron chi connectivity index (χ3n) is 1.79. The van der Waals surface area contributed by atoms with Gasteiger partial charge in [-0.2, -0.15) is 0 Å². The molecule has 0 bridgehead atoms. The van der Waals surface area contributed by atoms with Gasteiger partial charge in [-0.1, -0.05) is 0 Å². The Kier molecular flexibility index (Phi) is 1.63. The largest absolute Gasteiger partial charge is 0.306 e. The molecule has 2 aromatic rings. The number of nitrogens with zero attached hydrogens (tertiary/aromatic N) is 2. The van der Waals surface area contributed by atoms with E-state index in [0.29, 0.717) is 4.90 Å². The van der Waals surface area contributed by atoms with Crippen LogP contribution in [-0.2, 0) is 9.84 Å². The fraction of sp³-hybridized carbons (Fsp3) is 0.125. The van der Waals surface area contributed by atoms with E-state index < -0.39 is 9.84 Å². The van der Waals surface area contributed by atoms with Gasteiger partial charge in [0, 0.05) is 24.8 Å². The van der Waals surface area contributed by atoms with E-state index in [9.17, 15) is 8.42 Å². The number of imidazole rings is 1.